The van der Waals surface area contributed by atoms with E-state index in [4.69, 9.17) is 0 Å². The van der Waals surface area contributed by atoms with Crippen LogP contribution in [0.3, 0.4) is 0 Å². The van der Waals surface area contributed by atoms with Crippen LogP contribution >= 0.6 is 0 Å². The molecule has 0 saturated carbocycles. The van der Waals surface area contributed by atoms with Gasteiger partial charge in [-0.2, -0.15) is 0 Å². The van der Waals surface area contributed by atoms with Crippen LogP contribution in [0.4, 0.5) is 0 Å². The Hall–Kier alpha value is -1.82. The zero-order chi connectivity index (χ0) is 14.3. The van der Waals surface area contributed by atoms with Gasteiger partial charge < -0.3 is 0 Å². The number of allylic oxidation sites excluding steroid dienone is 1. The van der Waals surface area contributed by atoms with Gasteiger partial charge in [0.15, 0.2) is 0 Å². The van der Waals surface area contributed by atoms with E-state index >= 15 is 0 Å². The van der Waals surface area contributed by atoms with Gasteiger partial charge in [0.05, 0.1) is 0 Å². The third-order valence-electron chi connectivity index (χ3n) is 3.01. The molecule has 0 aromatic heterocycles. The van der Waals surface area contributed by atoms with E-state index in [0.29, 0.717) is 0 Å². The minimum atomic E-state index is 1.28. The van der Waals surface area contributed by atoms with Gasteiger partial charge in [-0.1, -0.05) is 68.0 Å². The number of rotatable bonds is 2. The van der Waals surface area contributed by atoms with Crippen LogP contribution < -0.4 is 0 Å². The van der Waals surface area contributed by atoms with Crippen molar-refractivity contribution in [2.75, 3.05) is 0 Å². The van der Waals surface area contributed by atoms with Gasteiger partial charge in [0.2, 0.25) is 0 Å². The summed E-state index contributed by atoms with van der Waals surface area (Å²) < 4.78 is 0. The highest BCUT2D eigenvalue weighted by Crippen LogP contribution is 2.23. The van der Waals surface area contributed by atoms with Gasteiger partial charge in [0.1, 0.15) is 0 Å². The molecule has 0 saturated heterocycles. The zero-order valence-electron chi connectivity index (χ0n) is 12.7. The Morgan fingerprint density at radius 1 is 0.789 bits per heavy atom. The molecule has 0 aliphatic carbocycles. The Balaban J connectivity index is 0.000000861. The highest BCUT2D eigenvalue weighted by atomic mass is 14.0. The van der Waals surface area contributed by atoms with E-state index in [2.05, 4.69) is 75.4 Å². The fraction of sp³-hybridized carbons (Fsp3) is 0.263. The summed E-state index contributed by atoms with van der Waals surface area (Å²) >= 11 is 0. The molecule has 0 unspecified atom stereocenters. The molecule has 0 N–H and O–H groups in total. The molecule has 0 spiro atoms. The summed E-state index contributed by atoms with van der Waals surface area (Å²) in [7, 11) is 0. The molecule has 0 aliphatic rings. The van der Waals surface area contributed by atoms with Crippen LogP contribution in [0.15, 0.2) is 48.5 Å². The second-order valence-electron chi connectivity index (χ2n) is 4.44. The van der Waals surface area contributed by atoms with Crippen LogP contribution in [0.2, 0.25) is 0 Å². The largest absolute Gasteiger partial charge is 0.0871 e. The lowest BCUT2D eigenvalue weighted by atomic mass is 9.99. The van der Waals surface area contributed by atoms with Gasteiger partial charge in [-0.05, 0) is 49.1 Å². The van der Waals surface area contributed by atoms with Crippen LogP contribution in [0.5, 0.6) is 0 Å². The van der Waals surface area contributed by atoms with E-state index < -0.39 is 0 Å². The molecule has 0 heterocycles. The normalized spacial score (nSPS) is 10.2. The Morgan fingerprint density at radius 2 is 1.37 bits per heavy atom. The number of benzene rings is 2. The van der Waals surface area contributed by atoms with E-state index in [0.717, 1.165) is 0 Å². The maximum atomic E-state index is 2.25. The fourth-order valence-electron chi connectivity index (χ4n) is 1.93. The van der Waals surface area contributed by atoms with Crippen molar-refractivity contribution in [1.82, 2.24) is 0 Å². The Labute approximate surface area is 117 Å². The molecule has 0 nitrogen and oxygen atoms in total. The Morgan fingerprint density at radius 3 is 1.95 bits per heavy atom. The van der Waals surface area contributed by atoms with Gasteiger partial charge in [-0.15, -0.1) is 0 Å². The molecular formula is C19H24. The van der Waals surface area contributed by atoms with Crippen LogP contribution in [-0.2, 0) is 0 Å². The Bertz CT molecular complexity index is 530. The molecule has 0 aliphatic heterocycles. The van der Waals surface area contributed by atoms with Gasteiger partial charge in [-0.25, -0.2) is 0 Å². The van der Waals surface area contributed by atoms with E-state index in [1.54, 1.807) is 0 Å². The fourth-order valence-corrected chi connectivity index (χ4v) is 1.93. The lowest BCUT2D eigenvalue weighted by Crippen LogP contribution is -1.84. The van der Waals surface area contributed by atoms with Crippen molar-refractivity contribution in [3.63, 3.8) is 0 Å². The van der Waals surface area contributed by atoms with Gasteiger partial charge in [-0.3, -0.25) is 0 Å². The molecular weight excluding hydrogens is 228 g/mol. The quantitative estimate of drug-likeness (QED) is 0.612. The zero-order valence-corrected chi connectivity index (χ0v) is 12.7. The van der Waals surface area contributed by atoms with Crippen LogP contribution in [0.25, 0.3) is 17.2 Å². The van der Waals surface area contributed by atoms with Crippen molar-refractivity contribution in [3.05, 3.63) is 65.2 Å². The molecule has 0 radical (unpaired) electrons. The third-order valence-corrected chi connectivity index (χ3v) is 3.01. The lowest BCUT2D eigenvalue weighted by molar-refractivity contribution is 1.43. The first-order chi connectivity index (χ1) is 9.20. The van der Waals surface area contributed by atoms with Crippen molar-refractivity contribution in [2.45, 2.75) is 34.6 Å². The third kappa shape index (κ3) is 4.10. The molecule has 100 valence electrons. The molecule has 0 fully saturated rings. The summed E-state index contributed by atoms with van der Waals surface area (Å²) in [6.07, 6.45) is 4.24. The predicted molar refractivity (Wildman–Crippen MR) is 87.4 cm³/mol. The Kier molecular flexibility index (Phi) is 6.08. The topological polar surface area (TPSA) is 0 Å². The van der Waals surface area contributed by atoms with Gasteiger partial charge >= 0.3 is 0 Å². The molecule has 2 aromatic rings. The first kappa shape index (κ1) is 15.2. The monoisotopic (exact) mass is 252 g/mol. The van der Waals surface area contributed by atoms with Gasteiger partial charge in [0, 0.05) is 0 Å². The number of aryl methyl sites for hydroxylation is 2. The number of hydrogen-bond acceptors (Lipinski definition) is 0. The van der Waals surface area contributed by atoms with Crippen LogP contribution in [-0.4, -0.2) is 0 Å². The standard InChI is InChI=1S/C17H18.C2H6/c1-4-5-16-12-17(11-8-14(16)3)15-9-6-13(2)7-10-15;1-2/h4-12H,1-3H3;1-2H3/b5-4-;. The lowest BCUT2D eigenvalue weighted by Gasteiger charge is -2.06. The van der Waals surface area contributed by atoms with E-state index in [1.807, 2.05) is 13.8 Å². The van der Waals surface area contributed by atoms with Crippen molar-refractivity contribution in [3.8, 4) is 11.1 Å². The SMILES string of the molecule is C/C=C\c1cc(-c2ccc(C)cc2)ccc1C.CC. The summed E-state index contributed by atoms with van der Waals surface area (Å²) in [5.74, 6) is 0. The molecule has 0 heteroatoms. The van der Waals surface area contributed by atoms with Crippen molar-refractivity contribution in [2.24, 2.45) is 0 Å². The first-order valence-electron chi connectivity index (χ1n) is 7.01. The van der Waals surface area contributed by atoms with E-state index in [9.17, 15) is 0 Å². The minimum absolute atomic E-state index is 1.28. The average Bonchev–Trinajstić information content (AvgIpc) is 2.45. The smallest absolute Gasteiger partial charge is 0.0178 e. The first-order valence-corrected chi connectivity index (χ1v) is 7.01. The van der Waals surface area contributed by atoms with Crippen LogP contribution in [0.1, 0.15) is 37.5 Å². The predicted octanol–water partition coefficient (Wildman–Crippen LogP) is 6.03. The second-order valence-corrected chi connectivity index (χ2v) is 4.44. The van der Waals surface area contributed by atoms with E-state index in [-0.39, 0.29) is 0 Å². The molecule has 19 heavy (non-hydrogen) atoms. The second kappa shape index (κ2) is 7.58. The van der Waals surface area contributed by atoms with E-state index in [1.165, 1.54) is 27.8 Å². The van der Waals surface area contributed by atoms with Crippen molar-refractivity contribution < 1.29 is 0 Å². The molecule has 2 aromatic carbocycles. The maximum Gasteiger partial charge on any atom is -0.0178 e. The molecule has 0 amide bonds. The van der Waals surface area contributed by atoms with Crippen LogP contribution in [0, 0.1) is 13.8 Å². The molecule has 0 atom stereocenters. The maximum absolute atomic E-state index is 2.25. The number of hydrogen-bond donors (Lipinski definition) is 0. The average molecular weight is 252 g/mol. The summed E-state index contributed by atoms with van der Waals surface area (Å²) in [5.41, 5.74) is 6.48. The minimum Gasteiger partial charge on any atom is -0.0871 e. The van der Waals surface area contributed by atoms with Crippen molar-refractivity contribution in [1.29, 1.82) is 0 Å². The summed E-state index contributed by atoms with van der Waals surface area (Å²) in [6.45, 7) is 10.3. The molecule has 0 bridgehead atoms. The highest BCUT2D eigenvalue weighted by Gasteiger charge is 2.00. The summed E-state index contributed by atoms with van der Waals surface area (Å²) in [4.78, 5) is 0. The van der Waals surface area contributed by atoms with Crippen molar-refractivity contribution >= 4 is 6.08 Å². The molecule has 2 rings (SSSR count). The summed E-state index contributed by atoms with van der Waals surface area (Å²) in [6, 6.07) is 15.3. The highest BCUT2D eigenvalue weighted by molar-refractivity contribution is 5.69. The van der Waals surface area contributed by atoms with Gasteiger partial charge in [0.25, 0.3) is 0 Å². The summed E-state index contributed by atoms with van der Waals surface area (Å²) in [5, 5.41) is 0.